The average Bonchev–Trinajstić information content (AvgIpc) is 2.14. The molecule has 0 radical (unpaired) electrons. The van der Waals surface area contributed by atoms with Gasteiger partial charge in [0.15, 0.2) is 0 Å². The number of hydrogen-bond acceptors (Lipinski definition) is 6. The molecule has 0 fully saturated rings. The topological polar surface area (TPSA) is 89.9 Å². The molecule has 0 heterocycles. The number of ether oxygens (including phenoxy) is 2. The van der Waals surface area contributed by atoms with Crippen LogP contribution in [0.1, 0.15) is 13.3 Å². The first-order valence-electron chi connectivity index (χ1n) is 4.24. The van der Waals surface area contributed by atoms with Gasteiger partial charge in [-0.15, -0.1) is 0 Å². The highest BCUT2D eigenvalue weighted by Crippen LogP contribution is 1.87. The van der Waals surface area contributed by atoms with Crippen molar-refractivity contribution in [1.82, 2.24) is 0 Å². The molecule has 0 aromatic rings. The van der Waals surface area contributed by atoms with Crippen LogP contribution in [0.5, 0.6) is 0 Å². The van der Waals surface area contributed by atoms with Crippen LogP contribution in [0.25, 0.3) is 0 Å². The molecular weight excluding hydrogens is 204 g/mol. The van der Waals surface area contributed by atoms with Gasteiger partial charge in [-0.2, -0.15) is 0 Å². The van der Waals surface area contributed by atoms with Crippen molar-refractivity contribution < 1.29 is 29.0 Å². The second-order valence-electron chi connectivity index (χ2n) is 2.49. The first-order chi connectivity index (χ1) is 7.06. The van der Waals surface area contributed by atoms with E-state index in [2.05, 4.69) is 9.47 Å². The maximum absolute atomic E-state index is 10.8. The van der Waals surface area contributed by atoms with E-state index >= 15 is 0 Å². The summed E-state index contributed by atoms with van der Waals surface area (Å²) >= 11 is 0. The minimum Gasteiger partial charge on any atom is -0.462 e. The monoisotopic (exact) mass is 216 g/mol. The van der Waals surface area contributed by atoms with Gasteiger partial charge in [0.25, 0.3) is 0 Å². The normalized spacial score (nSPS) is 10.0. The van der Waals surface area contributed by atoms with Crippen LogP contribution in [0, 0.1) is 0 Å². The third-order valence-electron chi connectivity index (χ3n) is 1.15. The Labute approximate surface area is 86.5 Å². The predicted octanol–water partition coefficient (Wildman–Crippen LogP) is -0.442. The lowest BCUT2D eigenvalue weighted by Crippen LogP contribution is -2.08. The van der Waals surface area contributed by atoms with Crippen LogP contribution >= 0.6 is 0 Å². The summed E-state index contributed by atoms with van der Waals surface area (Å²) in [6.07, 6.45) is 1.97. The van der Waals surface area contributed by atoms with Crippen molar-refractivity contribution in [1.29, 1.82) is 0 Å². The van der Waals surface area contributed by atoms with E-state index in [4.69, 9.17) is 5.11 Å². The minimum atomic E-state index is -0.929. The smallest absolute Gasteiger partial charge is 0.338 e. The number of aliphatic hydroxyl groups is 1. The Bertz CT molecular complexity index is 268. The molecule has 0 saturated heterocycles. The zero-order chi connectivity index (χ0) is 11.7. The summed E-state index contributed by atoms with van der Waals surface area (Å²) in [6.45, 7) is 1.07. The first kappa shape index (κ1) is 13.3. The van der Waals surface area contributed by atoms with Gasteiger partial charge in [0.1, 0.15) is 0 Å². The van der Waals surface area contributed by atoms with Crippen LogP contribution in [0.2, 0.25) is 0 Å². The summed E-state index contributed by atoms with van der Waals surface area (Å²) in [5.74, 6) is -2.41. The molecule has 0 aromatic heterocycles. The number of carbonyl (C=O) groups is 3. The zero-order valence-electron chi connectivity index (χ0n) is 8.26. The van der Waals surface area contributed by atoms with Gasteiger partial charge in [-0.1, -0.05) is 0 Å². The third kappa shape index (κ3) is 8.63. The van der Waals surface area contributed by atoms with E-state index in [0.717, 1.165) is 19.1 Å². The van der Waals surface area contributed by atoms with Gasteiger partial charge < -0.3 is 14.6 Å². The molecule has 6 nitrogen and oxygen atoms in total. The number of esters is 3. The second-order valence-corrected chi connectivity index (χ2v) is 2.49. The quantitative estimate of drug-likeness (QED) is 0.290. The Balaban J connectivity index is 3.79. The van der Waals surface area contributed by atoms with E-state index in [1.807, 2.05) is 0 Å². The van der Waals surface area contributed by atoms with E-state index in [-0.39, 0.29) is 13.2 Å². The highest BCUT2D eigenvalue weighted by Gasteiger charge is 2.02. The van der Waals surface area contributed by atoms with Gasteiger partial charge in [-0.25, -0.2) is 9.59 Å². The van der Waals surface area contributed by atoms with Crippen LogP contribution in [0.3, 0.4) is 0 Å². The predicted molar refractivity (Wildman–Crippen MR) is 48.6 cm³/mol. The molecule has 0 aliphatic carbocycles. The maximum atomic E-state index is 10.8. The molecule has 0 saturated carbocycles. The largest absolute Gasteiger partial charge is 0.462 e. The van der Waals surface area contributed by atoms with Crippen molar-refractivity contribution in [3.05, 3.63) is 12.2 Å². The van der Waals surface area contributed by atoms with Crippen molar-refractivity contribution in [2.75, 3.05) is 13.2 Å². The molecule has 6 heteroatoms. The Kier molecular flexibility index (Phi) is 6.82. The summed E-state index contributed by atoms with van der Waals surface area (Å²) in [7, 11) is 0. The van der Waals surface area contributed by atoms with E-state index in [0.29, 0.717) is 6.42 Å². The van der Waals surface area contributed by atoms with E-state index in [1.54, 1.807) is 0 Å². The van der Waals surface area contributed by atoms with Gasteiger partial charge in [0.2, 0.25) is 0 Å². The molecule has 0 unspecified atom stereocenters. The fourth-order valence-electron chi connectivity index (χ4n) is 0.597. The number of carbonyl (C=O) groups excluding carboxylic acids is 3. The molecule has 0 rings (SSSR count). The Hall–Kier alpha value is -1.69. The fourth-order valence-corrected chi connectivity index (χ4v) is 0.597. The number of aliphatic hydroxyl groups excluding tert-OH is 1. The fraction of sp³-hybridized carbons (Fsp3) is 0.444. The number of hydrogen-bond donors (Lipinski definition) is 1. The Morgan fingerprint density at radius 3 is 2.33 bits per heavy atom. The van der Waals surface area contributed by atoms with E-state index in [1.165, 1.54) is 0 Å². The standard InChI is InChI=1S/C9H12O6/c1-7(11)15-9(13)4-3-8(12)14-6-2-5-10/h3-4,10H,2,5-6H2,1H3/b4-3-. The second kappa shape index (κ2) is 7.69. The molecule has 0 spiro atoms. The molecule has 0 amide bonds. The average molecular weight is 216 g/mol. The van der Waals surface area contributed by atoms with E-state index in [9.17, 15) is 14.4 Å². The van der Waals surface area contributed by atoms with Crippen molar-refractivity contribution >= 4 is 17.9 Å². The molecule has 0 atom stereocenters. The van der Waals surface area contributed by atoms with Gasteiger partial charge in [-0.05, 0) is 0 Å². The lowest BCUT2D eigenvalue weighted by molar-refractivity contribution is -0.154. The zero-order valence-corrected chi connectivity index (χ0v) is 8.26. The molecular formula is C9H12O6. The van der Waals surface area contributed by atoms with Crippen LogP contribution in [-0.2, 0) is 23.9 Å². The van der Waals surface area contributed by atoms with Crippen LogP contribution < -0.4 is 0 Å². The van der Waals surface area contributed by atoms with Gasteiger partial charge in [0, 0.05) is 32.1 Å². The minimum absolute atomic E-state index is 0.0709. The molecule has 0 aromatic carbocycles. The lowest BCUT2D eigenvalue weighted by Gasteiger charge is -1.98. The summed E-state index contributed by atoms with van der Waals surface area (Å²) < 4.78 is 8.67. The molecule has 0 bridgehead atoms. The molecule has 1 N–H and O–H groups in total. The van der Waals surface area contributed by atoms with Gasteiger partial charge in [-0.3, -0.25) is 4.79 Å². The Morgan fingerprint density at radius 1 is 1.20 bits per heavy atom. The van der Waals surface area contributed by atoms with Crippen LogP contribution in [-0.4, -0.2) is 36.2 Å². The summed E-state index contributed by atoms with van der Waals surface area (Å²) in [5, 5.41) is 8.38. The third-order valence-corrected chi connectivity index (χ3v) is 1.15. The lowest BCUT2D eigenvalue weighted by atomic mass is 10.5. The molecule has 0 aliphatic rings. The molecule has 84 valence electrons. The van der Waals surface area contributed by atoms with Gasteiger partial charge >= 0.3 is 17.9 Å². The van der Waals surface area contributed by atoms with Crippen LogP contribution in [0.4, 0.5) is 0 Å². The highest BCUT2D eigenvalue weighted by molar-refractivity contribution is 5.95. The van der Waals surface area contributed by atoms with Crippen LogP contribution in [0.15, 0.2) is 12.2 Å². The summed E-state index contributed by atoms with van der Waals surface area (Å²) in [4.78, 5) is 31.8. The number of rotatable bonds is 5. The van der Waals surface area contributed by atoms with Crippen molar-refractivity contribution in [2.45, 2.75) is 13.3 Å². The SMILES string of the molecule is CC(=O)OC(=O)/C=C\C(=O)OCCCO. The van der Waals surface area contributed by atoms with E-state index < -0.39 is 17.9 Å². The highest BCUT2D eigenvalue weighted by atomic mass is 16.6. The summed E-state index contributed by atoms with van der Waals surface area (Å²) in [5.41, 5.74) is 0. The van der Waals surface area contributed by atoms with Crippen molar-refractivity contribution in [2.24, 2.45) is 0 Å². The first-order valence-corrected chi connectivity index (χ1v) is 4.24. The Morgan fingerprint density at radius 2 is 1.80 bits per heavy atom. The van der Waals surface area contributed by atoms with Crippen molar-refractivity contribution in [3.63, 3.8) is 0 Å². The molecule has 15 heavy (non-hydrogen) atoms. The molecule has 0 aliphatic heterocycles. The maximum Gasteiger partial charge on any atom is 0.338 e. The summed E-state index contributed by atoms with van der Waals surface area (Å²) in [6, 6.07) is 0. The van der Waals surface area contributed by atoms with Crippen molar-refractivity contribution in [3.8, 4) is 0 Å². The van der Waals surface area contributed by atoms with Gasteiger partial charge in [0.05, 0.1) is 6.61 Å².